The van der Waals surface area contributed by atoms with E-state index in [0.717, 1.165) is 30.5 Å². The molecule has 1 aromatic carbocycles. The fraction of sp³-hybridized carbons (Fsp3) is 0.333. The SMILES string of the molecule is Cl.N[C@H]1CCc2nc(NC(=O)Cc3ccc(Cl)cc3)sc2C1. The minimum Gasteiger partial charge on any atom is -0.327 e. The smallest absolute Gasteiger partial charge is 0.230 e. The van der Waals surface area contributed by atoms with Crippen LogP contribution in [-0.4, -0.2) is 16.9 Å². The second kappa shape index (κ2) is 7.42. The van der Waals surface area contributed by atoms with Crippen LogP contribution in [0.15, 0.2) is 24.3 Å². The summed E-state index contributed by atoms with van der Waals surface area (Å²) in [5, 5.41) is 4.22. The van der Waals surface area contributed by atoms with Crippen molar-refractivity contribution in [2.24, 2.45) is 5.73 Å². The van der Waals surface area contributed by atoms with Crippen molar-refractivity contribution in [3.05, 3.63) is 45.4 Å². The molecule has 7 heteroatoms. The van der Waals surface area contributed by atoms with E-state index in [1.807, 2.05) is 12.1 Å². The summed E-state index contributed by atoms with van der Waals surface area (Å²) in [6, 6.07) is 7.50. The van der Waals surface area contributed by atoms with Crippen LogP contribution in [0.2, 0.25) is 5.02 Å². The van der Waals surface area contributed by atoms with Crippen molar-refractivity contribution in [3.8, 4) is 0 Å². The molecule has 0 aliphatic heterocycles. The zero-order chi connectivity index (χ0) is 14.8. The maximum atomic E-state index is 12.0. The fourth-order valence-electron chi connectivity index (χ4n) is 2.41. The average Bonchev–Trinajstić information content (AvgIpc) is 2.82. The molecule has 1 aliphatic carbocycles. The molecule has 1 aliphatic rings. The lowest BCUT2D eigenvalue weighted by molar-refractivity contribution is -0.115. The number of aromatic nitrogens is 1. The Morgan fingerprint density at radius 2 is 2.14 bits per heavy atom. The van der Waals surface area contributed by atoms with Gasteiger partial charge in [-0.1, -0.05) is 23.7 Å². The van der Waals surface area contributed by atoms with Gasteiger partial charge in [0, 0.05) is 15.9 Å². The first-order valence-electron chi connectivity index (χ1n) is 6.88. The number of halogens is 2. The van der Waals surface area contributed by atoms with E-state index in [2.05, 4.69) is 10.3 Å². The third kappa shape index (κ3) is 4.20. The lowest BCUT2D eigenvalue weighted by atomic mass is 9.99. The molecule has 0 radical (unpaired) electrons. The van der Waals surface area contributed by atoms with Crippen LogP contribution >= 0.6 is 35.3 Å². The second-order valence-corrected chi connectivity index (χ2v) is 6.76. The number of hydrogen-bond acceptors (Lipinski definition) is 4. The van der Waals surface area contributed by atoms with Gasteiger partial charge in [0.05, 0.1) is 12.1 Å². The van der Waals surface area contributed by atoms with Crippen molar-refractivity contribution < 1.29 is 4.79 Å². The van der Waals surface area contributed by atoms with Crippen LogP contribution in [0.25, 0.3) is 0 Å². The summed E-state index contributed by atoms with van der Waals surface area (Å²) in [4.78, 5) is 17.7. The largest absolute Gasteiger partial charge is 0.327 e. The monoisotopic (exact) mass is 357 g/mol. The van der Waals surface area contributed by atoms with E-state index in [9.17, 15) is 4.79 Å². The number of anilines is 1. The van der Waals surface area contributed by atoms with Crippen LogP contribution < -0.4 is 11.1 Å². The van der Waals surface area contributed by atoms with Gasteiger partial charge in [-0.2, -0.15) is 0 Å². The molecule has 0 spiro atoms. The average molecular weight is 358 g/mol. The molecule has 0 fully saturated rings. The van der Waals surface area contributed by atoms with Gasteiger partial charge in [-0.15, -0.1) is 23.7 Å². The van der Waals surface area contributed by atoms with Gasteiger partial charge in [0.25, 0.3) is 0 Å². The summed E-state index contributed by atoms with van der Waals surface area (Å²) in [5.74, 6) is -0.0623. The number of benzene rings is 1. The predicted molar refractivity (Wildman–Crippen MR) is 93.1 cm³/mol. The van der Waals surface area contributed by atoms with E-state index < -0.39 is 0 Å². The quantitative estimate of drug-likeness (QED) is 0.885. The Morgan fingerprint density at radius 3 is 2.86 bits per heavy atom. The highest BCUT2D eigenvalue weighted by molar-refractivity contribution is 7.15. The van der Waals surface area contributed by atoms with Crippen LogP contribution in [0.5, 0.6) is 0 Å². The molecule has 2 aromatic rings. The number of carbonyl (C=O) groups is 1. The van der Waals surface area contributed by atoms with Gasteiger partial charge in [-0.3, -0.25) is 4.79 Å². The normalized spacial score (nSPS) is 16.5. The number of aryl methyl sites for hydroxylation is 1. The van der Waals surface area contributed by atoms with Gasteiger partial charge in [-0.25, -0.2) is 4.98 Å². The van der Waals surface area contributed by atoms with Gasteiger partial charge >= 0.3 is 0 Å². The van der Waals surface area contributed by atoms with Gasteiger partial charge in [0.2, 0.25) is 5.91 Å². The topological polar surface area (TPSA) is 68.0 Å². The highest BCUT2D eigenvalue weighted by Gasteiger charge is 2.20. The molecule has 0 bridgehead atoms. The minimum absolute atomic E-state index is 0. The molecule has 0 unspecified atom stereocenters. The maximum absolute atomic E-state index is 12.0. The van der Waals surface area contributed by atoms with Crippen LogP contribution in [0.4, 0.5) is 5.13 Å². The first-order chi connectivity index (χ1) is 10.1. The summed E-state index contributed by atoms with van der Waals surface area (Å²) in [6.45, 7) is 0. The summed E-state index contributed by atoms with van der Waals surface area (Å²) in [6.07, 6.45) is 3.05. The van der Waals surface area contributed by atoms with Gasteiger partial charge < -0.3 is 11.1 Å². The number of nitrogens with two attached hydrogens (primary N) is 1. The molecule has 118 valence electrons. The summed E-state index contributed by atoms with van der Waals surface area (Å²) < 4.78 is 0. The van der Waals surface area contributed by atoms with Gasteiger partial charge in [0.1, 0.15) is 0 Å². The Morgan fingerprint density at radius 1 is 1.41 bits per heavy atom. The van der Waals surface area contributed by atoms with Crippen LogP contribution in [0, 0.1) is 0 Å². The first-order valence-corrected chi connectivity index (χ1v) is 8.08. The molecule has 0 saturated carbocycles. The highest BCUT2D eigenvalue weighted by Crippen LogP contribution is 2.29. The van der Waals surface area contributed by atoms with E-state index in [1.165, 1.54) is 16.2 Å². The third-order valence-electron chi connectivity index (χ3n) is 3.50. The van der Waals surface area contributed by atoms with Crippen molar-refractivity contribution in [3.63, 3.8) is 0 Å². The van der Waals surface area contributed by atoms with E-state index in [1.54, 1.807) is 12.1 Å². The Labute approximate surface area is 144 Å². The second-order valence-electron chi connectivity index (χ2n) is 5.24. The zero-order valence-electron chi connectivity index (χ0n) is 11.8. The third-order valence-corrected chi connectivity index (χ3v) is 4.79. The van der Waals surface area contributed by atoms with Crippen LogP contribution in [-0.2, 0) is 24.1 Å². The van der Waals surface area contributed by atoms with Crippen molar-refractivity contribution in [2.75, 3.05) is 5.32 Å². The van der Waals surface area contributed by atoms with Crippen LogP contribution in [0.3, 0.4) is 0 Å². The molecule has 1 heterocycles. The summed E-state index contributed by atoms with van der Waals surface area (Å²) >= 11 is 7.36. The number of hydrogen-bond donors (Lipinski definition) is 2. The highest BCUT2D eigenvalue weighted by atomic mass is 35.5. The predicted octanol–water partition coefficient (Wildman–Crippen LogP) is 3.22. The van der Waals surface area contributed by atoms with E-state index in [0.29, 0.717) is 16.6 Å². The van der Waals surface area contributed by atoms with Crippen LogP contribution in [0.1, 0.15) is 22.6 Å². The standard InChI is InChI=1S/C15H16ClN3OS.ClH/c16-10-3-1-9(2-4-10)7-14(20)19-15-18-12-6-5-11(17)8-13(12)21-15;/h1-4,11H,5-8,17H2,(H,18,19,20);1H/t11-;/m0./s1. The zero-order valence-corrected chi connectivity index (χ0v) is 14.2. The van der Waals surface area contributed by atoms with Crippen molar-refractivity contribution in [1.82, 2.24) is 4.98 Å². The molecule has 1 atom stereocenters. The Kier molecular flexibility index (Phi) is 5.81. The Hall–Kier alpha value is -1.14. The van der Waals surface area contributed by atoms with E-state index in [-0.39, 0.29) is 24.4 Å². The summed E-state index contributed by atoms with van der Waals surface area (Å²) in [5.41, 5.74) is 7.97. The first kappa shape index (κ1) is 17.2. The molecule has 4 nitrogen and oxygen atoms in total. The molecular formula is C15H17Cl2N3OS. The van der Waals surface area contributed by atoms with Crippen molar-refractivity contribution in [1.29, 1.82) is 0 Å². The van der Waals surface area contributed by atoms with Gasteiger partial charge in [-0.05, 0) is 37.0 Å². The number of thiazole rings is 1. The number of nitrogens with one attached hydrogen (secondary N) is 1. The number of rotatable bonds is 3. The lowest BCUT2D eigenvalue weighted by Crippen LogP contribution is -2.27. The molecule has 3 N–H and O–H groups in total. The number of amides is 1. The van der Waals surface area contributed by atoms with Gasteiger partial charge in [0.15, 0.2) is 5.13 Å². The minimum atomic E-state index is -0.0623. The molecule has 1 aromatic heterocycles. The van der Waals surface area contributed by atoms with E-state index in [4.69, 9.17) is 17.3 Å². The van der Waals surface area contributed by atoms with E-state index >= 15 is 0 Å². The Bertz CT molecular complexity index is 657. The molecular weight excluding hydrogens is 341 g/mol. The molecule has 22 heavy (non-hydrogen) atoms. The maximum Gasteiger partial charge on any atom is 0.230 e. The fourth-order valence-corrected chi connectivity index (χ4v) is 3.65. The lowest BCUT2D eigenvalue weighted by Gasteiger charge is -2.15. The molecule has 3 rings (SSSR count). The molecule has 1 amide bonds. The summed E-state index contributed by atoms with van der Waals surface area (Å²) in [7, 11) is 0. The number of carbonyl (C=O) groups excluding carboxylic acids is 1. The Balaban J connectivity index is 0.00000176. The van der Waals surface area contributed by atoms with Crippen molar-refractivity contribution >= 4 is 46.4 Å². The number of fused-ring (bicyclic) bond motifs is 1. The van der Waals surface area contributed by atoms with Crippen molar-refractivity contribution in [2.45, 2.75) is 31.7 Å². The molecule has 0 saturated heterocycles. The number of nitrogens with zero attached hydrogens (tertiary/aromatic N) is 1.